The first-order valence-electron chi connectivity index (χ1n) is 12.0. The Morgan fingerprint density at radius 3 is 2.62 bits per heavy atom. The number of halogens is 1. The fourth-order valence-corrected chi connectivity index (χ4v) is 4.06. The maximum Gasteiger partial charge on any atom is 0.276 e. The van der Waals surface area contributed by atoms with Gasteiger partial charge in [0.05, 0.1) is 11.6 Å². The van der Waals surface area contributed by atoms with Crippen molar-refractivity contribution in [3.05, 3.63) is 94.8 Å². The molecule has 0 fully saturated rings. The molecule has 0 saturated heterocycles. The van der Waals surface area contributed by atoms with Crippen molar-refractivity contribution < 1.29 is 9.18 Å². The molecule has 39 heavy (non-hydrogen) atoms. The van der Waals surface area contributed by atoms with Crippen LogP contribution in [0.1, 0.15) is 32.9 Å². The van der Waals surface area contributed by atoms with Crippen molar-refractivity contribution in [3.63, 3.8) is 0 Å². The maximum absolute atomic E-state index is 14.0. The fraction of sp³-hybridized carbons (Fsp3) is 0.143. The smallest absolute Gasteiger partial charge is 0.276 e. The lowest BCUT2D eigenvalue weighted by Crippen LogP contribution is -2.28. The number of aryl methyl sites for hydroxylation is 1. The average molecular weight is 522 g/mol. The third-order valence-corrected chi connectivity index (χ3v) is 6.28. The molecule has 2 aromatic carbocycles. The number of aromatic amines is 1. The van der Waals surface area contributed by atoms with Crippen molar-refractivity contribution in [1.29, 1.82) is 5.26 Å². The van der Waals surface area contributed by atoms with Crippen LogP contribution in [0.5, 0.6) is 0 Å². The number of hydrogen-bond donors (Lipinski definition) is 3. The molecule has 0 unspecified atom stereocenters. The molecule has 0 atom stereocenters. The van der Waals surface area contributed by atoms with Crippen molar-refractivity contribution in [2.45, 2.75) is 20.0 Å². The zero-order valence-corrected chi connectivity index (χ0v) is 21.2. The number of hydrogen-bond acceptors (Lipinski definition) is 8. The van der Waals surface area contributed by atoms with E-state index in [1.165, 1.54) is 17.2 Å². The summed E-state index contributed by atoms with van der Waals surface area (Å²) in [5, 5.41) is 20.0. The minimum Gasteiger partial charge on any atom is -0.384 e. The second kappa shape index (κ2) is 10.5. The molecule has 3 aromatic heterocycles. The van der Waals surface area contributed by atoms with Gasteiger partial charge in [0, 0.05) is 31.9 Å². The highest BCUT2D eigenvalue weighted by molar-refractivity contribution is 5.96. The van der Waals surface area contributed by atoms with E-state index in [0.29, 0.717) is 29.1 Å². The van der Waals surface area contributed by atoms with Gasteiger partial charge in [-0.15, -0.1) is 0 Å². The van der Waals surface area contributed by atoms with Gasteiger partial charge in [0.15, 0.2) is 22.9 Å². The van der Waals surface area contributed by atoms with Crippen molar-refractivity contribution in [1.82, 2.24) is 30.0 Å². The first-order valence-corrected chi connectivity index (χ1v) is 12.0. The van der Waals surface area contributed by atoms with Gasteiger partial charge >= 0.3 is 0 Å². The van der Waals surface area contributed by atoms with Gasteiger partial charge in [0.1, 0.15) is 17.7 Å². The molecule has 0 aliphatic rings. The van der Waals surface area contributed by atoms with Crippen LogP contribution in [0.25, 0.3) is 22.2 Å². The van der Waals surface area contributed by atoms with Gasteiger partial charge in [-0.1, -0.05) is 36.4 Å². The second-order valence-electron chi connectivity index (χ2n) is 9.09. The van der Waals surface area contributed by atoms with Gasteiger partial charge < -0.3 is 16.0 Å². The average Bonchev–Trinajstić information content (AvgIpc) is 3.33. The number of carbonyl (C=O) groups excluding carboxylic acids is 1. The fourth-order valence-electron chi connectivity index (χ4n) is 4.06. The molecule has 0 aliphatic heterocycles. The largest absolute Gasteiger partial charge is 0.384 e. The Hall–Kier alpha value is -5.37. The monoisotopic (exact) mass is 521 g/mol. The molecule has 11 heteroatoms. The molecule has 3 heterocycles. The highest BCUT2D eigenvalue weighted by Crippen LogP contribution is 2.25. The Bertz CT molecular complexity index is 1720. The molecular formula is C28H24FN9O. The number of H-pyrrole nitrogens is 1. The summed E-state index contributed by atoms with van der Waals surface area (Å²) in [7, 11) is 1.59. The number of nitrogen functional groups attached to an aromatic ring is 1. The number of carbonyl (C=O) groups is 1. The number of amides is 1. The molecule has 0 spiro atoms. The van der Waals surface area contributed by atoms with Crippen LogP contribution in [0.4, 0.5) is 16.0 Å². The van der Waals surface area contributed by atoms with Crippen LogP contribution < -0.4 is 11.1 Å². The normalized spacial score (nSPS) is 10.8. The number of aromatic nitrogens is 5. The van der Waals surface area contributed by atoms with E-state index < -0.39 is 5.91 Å². The van der Waals surface area contributed by atoms with E-state index in [9.17, 15) is 14.4 Å². The summed E-state index contributed by atoms with van der Waals surface area (Å²) in [5.74, 6) is -0.0731. The number of nitriles is 1. The molecule has 5 rings (SSSR count). The Balaban J connectivity index is 1.31. The third-order valence-electron chi connectivity index (χ3n) is 6.28. The first kappa shape index (κ1) is 25.3. The number of benzene rings is 2. The predicted octanol–water partition coefficient (Wildman–Crippen LogP) is 4.20. The van der Waals surface area contributed by atoms with Gasteiger partial charge in [0.25, 0.3) is 5.91 Å². The summed E-state index contributed by atoms with van der Waals surface area (Å²) in [6.45, 7) is 2.20. The molecule has 0 aliphatic carbocycles. The standard InChI is InChI=1S/C28H24FN9O/c1-16-3-4-18(9-23(16)29)15-38(2)28(39)24-27(34-14-21(11-30)35-24)32-12-17-5-7-19(8-6-17)20-10-22-25(31)36-37-26(22)33-13-20/h3-10,13-14H,12,15H2,1-2H3,(H,32,34)(H3,31,33,36,37). The first-order chi connectivity index (χ1) is 18.8. The summed E-state index contributed by atoms with van der Waals surface area (Å²) in [4.78, 5) is 27.5. The molecule has 194 valence electrons. The lowest BCUT2D eigenvalue weighted by atomic mass is 10.0. The van der Waals surface area contributed by atoms with E-state index in [0.717, 1.165) is 22.1 Å². The quantitative estimate of drug-likeness (QED) is 0.288. The van der Waals surface area contributed by atoms with E-state index in [1.54, 1.807) is 32.3 Å². The van der Waals surface area contributed by atoms with Crippen LogP contribution >= 0.6 is 0 Å². The summed E-state index contributed by atoms with van der Waals surface area (Å²) in [6.07, 6.45) is 3.05. The lowest BCUT2D eigenvalue weighted by Gasteiger charge is -2.19. The number of nitrogens with one attached hydrogen (secondary N) is 2. The van der Waals surface area contributed by atoms with Crippen LogP contribution in [0.3, 0.4) is 0 Å². The van der Waals surface area contributed by atoms with Gasteiger partial charge in [-0.3, -0.25) is 9.89 Å². The number of nitrogens with two attached hydrogens (primary N) is 1. The molecule has 4 N–H and O–H groups in total. The lowest BCUT2D eigenvalue weighted by molar-refractivity contribution is 0.0779. The van der Waals surface area contributed by atoms with Crippen molar-refractivity contribution >= 4 is 28.6 Å². The molecule has 0 radical (unpaired) electrons. The Kier molecular flexibility index (Phi) is 6.84. The van der Waals surface area contributed by atoms with Crippen LogP contribution in [-0.2, 0) is 13.1 Å². The minimum absolute atomic E-state index is 0.0119. The van der Waals surface area contributed by atoms with E-state index in [-0.39, 0.29) is 29.6 Å². The van der Waals surface area contributed by atoms with Crippen molar-refractivity contribution in [2.75, 3.05) is 18.1 Å². The van der Waals surface area contributed by atoms with Gasteiger partial charge in [-0.25, -0.2) is 19.3 Å². The number of nitrogens with zero attached hydrogens (tertiary/aromatic N) is 6. The van der Waals surface area contributed by atoms with Crippen LogP contribution in [-0.4, -0.2) is 43.0 Å². The molecule has 0 bridgehead atoms. The van der Waals surface area contributed by atoms with Crippen molar-refractivity contribution in [3.8, 4) is 17.2 Å². The Labute approximate surface area is 223 Å². The Morgan fingerprint density at radius 2 is 1.87 bits per heavy atom. The molecular weight excluding hydrogens is 497 g/mol. The Morgan fingerprint density at radius 1 is 1.10 bits per heavy atom. The SMILES string of the molecule is Cc1ccc(CN(C)C(=O)c2nc(C#N)cnc2NCc2ccc(-c3cnc4n[nH]c(N)c4c3)cc2)cc1F. The van der Waals surface area contributed by atoms with Crippen LogP contribution in [0, 0.1) is 24.1 Å². The van der Waals surface area contributed by atoms with E-state index in [4.69, 9.17) is 5.73 Å². The summed E-state index contributed by atoms with van der Waals surface area (Å²) >= 11 is 0. The maximum atomic E-state index is 14.0. The third kappa shape index (κ3) is 5.35. The molecule has 1 amide bonds. The highest BCUT2D eigenvalue weighted by Gasteiger charge is 2.20. The number of fused-ring (bicyclic) bond motifs is 1. The van der Waals surface area contributed by atoms with Gasteiger partial charge in [-0.2, -0.15) is 10.4 Å². The van der Waals surface area contributed by atoms with E-state index in [2.05, 4.69) is 30.5 Å². The predicted molar refractivity (Wildman–Crippen MR) is 145 cm³/mol. The summed E-state index contributed by atoms with van der Waals surface area (Å²) < 4.78 is 14.0. The van der Waals surface area contributed by atoms with E-state index >= 15 is 0 Å². The topological polar surface area (TPSA) is 150 Å². The zero-order valence-electron chi connectivity index (χ0n) is 21.2. The van der Waals surface area contributed by atoms with E-state index in [1.807, 2.05) is 36.4 Å². The molecule has 5 aromatic rings. The summed E-state index contributed by atoms with van der Waals surface area (Å²) in [5.41, 5.74) is 10.5. The van der Waals surface area contributed by atoms with Crippen LogP contribution in [0.15, 0.2) is 60.9 Å². The number of pyridine rings is 1. The summed E-state index contributed by atoms with van der Waals surface area (Å²) in [6, 6.07) is 16.5. The molecule has 10 nitrogen and oxygen atoms in total. The number of rotatable bonds is 7. The van der Waals surface area contributed by atoms with Crippen molar-refractivity contribution in [2.24, 2.45) is 0 Å². The van der Waals surface area contributed by atoms with Gasteiger partial charge in [-0.05, 0) is 41.3 Å². The van der Waals surface area contributed by atoms with Crippen LogP contribution in [0.2, 0.25) is 0 Å². The highest BCUT2D eigenvalue weighted by atomic mass is 19.1. The zero-order chi connectivity index (χ0) is 27.5. The van der Waals surface area contributed by atoms with Gasteiger partial charge in [0.2, 0.25) is 0 Å². The minimum atomic E-state index is -0.445. The second-order valence-corrected chi connectivity index (χ2v) is 9.09. The molecule has 0 saturated carbocycles. The number of anilines is 2.